The Labute approximate surface area is 143 Å². The van der Waals surface area contributed by atoms with E-state index in [1.807, 2.05) is 12.1 Å². The van der Waals surface area contributed by atoms with E-state index in [0.29, 0.717) is 16.5 Å². The van der Waals surface area contributed by atoms with Gasteiger partial charge in [-0.05, 0) is 63.5 Å². The summed E-state index contributed by atoms with van der Waals surface area (Å²) < 4.78 is 0. The number of hydrogen-bond acceptors (Lipinski definition) is 4. The van der Waals surface area contributed by atoms with Crippen molar-refractivity contribution in [3.63, 3.8) is 0 Å². The third-order valence-electron chi connectivity index (χ3n) is 4.46. The van der Waals surface area contributed by atoms with Crippen molar-refractivity contribution in [1.82, 2.24) is 0 Å². The smallest absolute Gasteiger partial charge is 0.122 e. The second-order valence-electron chi connectivity index (χ2n) is 6.10. The third-order valence-corrected chi connectivity index (χ3v) is 4.46. The van der Waals surface area contributed by atoms with Gasteiger partial charge in [0.1, 0.15) is 23.4 Å². The Kier molecular flexibility index (Phi) is 3.48. The summed E-state index contributed by atoms with van der Waals surface area (Å²) in [5.74, 6) is 0.313. The number of benzene rings is 4. The Morgan fingerprint density at radius 1 is 0.600 bits per heavy atom. The van der Waals surface area contributed by atoms with Crippen LogP contribution in [0.1, 0.15) is 17.2 Å². The van der Waals surface area contributed by atoms with Crippen molar-refractivity contribution in [2.45, 2.75) is 6.10 Å². The SMILES string of the molecule is Oc1ccc2cc(C(O)c3c(O)ccc4cc(O)ccc34)ccc2c1. The molecule has 4 N–H and O–H groups in total. The molecule has 124 valence electrons. The second-order valence-corrected chi connectivity index (χ2v) is 6.10. The van der Waals surface area contributed by atoms with E-state index in [4.69, 9.17) is 0 Å². The maximum atomic E-state index is 10.9. The van der Waals surface area contributed by atoms with Gasteiger partial charge in [-0.15, -0.1) is 0 Å². The van der Waals surface area contributed by atoms with Crippen LogP contribution in [0, 0.1) is 0 Å². The van der Waals surface area contributed by atoms with E-state index in [1.54, 1.807) is 42.5 Å². The molecule has 0 aliphatic heterocycles. The van der Waals surface area contributed by atoms with Gasteiger partial charge in [-0.2, -0.15) is 0 Å². The molecule has 0 fully saturated rings. The van der Waals surface area contributed by atoms with Gasteiger partial charge in [-0.3, -0.25) is 0 Å². The molecule has 4 rings (SSSR count). The molecule has 0 saturated heterocycles. The molecule has 0 amide bonds. The van der Waals surface area contributed by atoms with E-state index in [1.165, 1.54) is 12.1 Å². The summed E-state index contributed by atoms with van der Waals surface area (Å²) in [7, 11) is 0. The summed E-state index contributed by atoms with van der Waals surface area (Å²) in [5.41, 5.74) is 1.03. The summed E-state index contributed by atoms with van der Waals surface area (Å²) in [5, 5.41) is 43.5. The first-order valence-electron chi connectivity index (χ1n) is 7.88. The maximum Gasteiger partial charge on any atom is 0.122 e. The number of fused-ring (bicyclic) bond motifs is 2. The minimum absolute atomic E-state index is 0.00325. The molecule has 1 atom stereocenters. The van der Waals surface area contributed by atoms with Crippen molar-refractivity contribution < 1.29 is 20.4 Å². The lowest BCUT2D eigenvalue weighted by Crippen LogP contribution is -2.01. The second kappa shape index (κ2) is 5.69. The minimum atomic E-state index is -1.02. The highest BCUT2D eigenvalue weighted by molar-refractivity contribution is 5.90. The molecule has 4 aromatic carbocycles. The standard InChI is InChI=1S/C21H16O4/c22-16-5-3-12-9-15(2-1-13(12)10-16)21(25)20-18-7-6-17(23)11-14(18)4-8-19(20)24/h1-11,21-25H. The molecule has 4 nitrogen and oxygen atoms in total. The van der Waals surface area contributed by atoms with E-state index in [9.17, 15) is 20.4 Å². The van der Waals surface area contributed by atoms with Crippen LogP contribution < -0.4 is 0 Å². The molecule has 0 radical (unpaired) electrons. The topological polar surface area (TPSA) is 80.9 Å². The van der Waals surface area contributed by atoms with E-state index in [0.717, 1.165) is 16.2 Å². The van der Waals surface area contributed by atoms with E-state index < -0.39 is 6.10 Å². The van der Waals surface area contributed by atoms with Crippen LogP contribution in [-0.4, -0.2) is 20.4 Å². The van der Waals surface area contributed by atoms with Crippen molar-refractivity contribution in [1.29, 1.82) is 0 Å². The lowest BCUT2D eigenvalue weighted by molar-refractivity contribution is 0.217. The fourth-order valence-electron chi connectivity index (χ4n) is 3.21. The molecule has 4 heteroatoms. The largest absolute Gasteiger partial charge is 0.508 e. The van der Waals surface area contributed by atoms with Gasteiger partial charge in [0.25, 0.3) is 0 Å². The summed E-state index contributed by atoms with van der Waals surface area (Å²) in [6.07, 6.45) is -1.02. The Balaban J connectivity index is 1.88. The highest BCUT2D eigenvalue weighted by atomic mass is 16.3. The number of phenolic OH excluding ortho intramolecular Hbond substituents is 3. The van der Waals surface area contributed by atoms with E-state index in [2.05, 4.69) is 0 Å². The number of aliphatic hydroxyl groups excluding tert-OH is 1. The molecule has 1 unspecified atom stereocenters. The first kappa shape index (κ1) is 15.3. The van der Waals surface area contributed by atoms with Crippen LogP contribution in [-0.2, 0) is 0 Å². The van der Waals surface area contributed by atoms with Crippen molar-refractivity contribution in [3.8, 4) is 17.2 Å². The van der Waals surface area contributed by atoms with Crippen LogP contribution in [0.5, 0.6) is 17.2 Å². The zero-order chi connectivity index (χ0) is 17.6. The van der Waals surface area contributed by atoms with Crippen molar-refractivity contribution in [2.24, 2.45) is 0 Å². The summed E-state index contributed by atoms with van der Waals surface area (Å²) in [4.78, 5) is 0. The lowest BCUT2D eigenvalue weighted by Gasteiger charge is -2.17. The fraction of sp³-hybridized carbons (Fsp3) is 0.0476. The van der Waals surface area contributed by atoms with Gasteiger partial charge in [-0.25, -0.2) is 0 Å². The minimum Gasteiger partial charge on any atom is -0.508 e. The first-order chi connectivity index (χ1) is 12.0. The van der Waals surface area contributed by atoms with Gasteiger partial charge < -0.3 is 20.4 Å². The molecular weight excluding hydrogens is 316 g/mol. The summed E-state index contributed by atoms with van der Waals surface area (Å²) in [6, 6.07) is 18.5. The van der Waals surface area contributed by atoms with Crippen molar-refractivity contribution in [3.05, 3.63) is 77.9 Å². The quantitative estimate of drug-likeness (QED) is 0.444. The van der Waals surface area contributed by atoms with Gasteiger partial charge in [0.15, 0.2) is 0 Å². The predicted molar refractivity (Wildman–Crippen MR) is 97.0 cm³/mol. The summed E-state index contributed by atoms with van der Waals surface area (Å²) >= 11 is 0. The molecule has 0 saturated carbocycles. The number of aromatic hydroxyl groups is 3. The Morgan fingerprint density at radius 3 is 2.00 bits per heavy atom. The average molecular weight is 332 g/mol. The van der Waals surface area contributed by atoms with Gasteiger partial charge >= 0.3 is 0 Å². The van der Waals surface area contributed by atoms with Crippen molar-refractivity contribution >= 4 is 21.5 Å². The Hall–Kier alpha value is -3.24. The van der Waals surface area contributed by atoms with E-state index >= 15 is 0 Å². The van der Waals surface area contributed by atoms with E-state index in [-0.39, 0.29) is 17.2 Å². The molecule has 0 aliphatic rings. The van der Waals surface area contributed by atoms with Crippen LogP contribution in [0.4, 0.5) is 0 Å². The van der Waals surface area contributed by atoms with Crippen LogP contribution in [0.2, 0.25) is 0 Å². The lowest BCUT2D eigenvalue weighted by atomic mass is 9.93. The predicted octanol–water partition coefficient (Wildman–Crippen LogP) is 4.19. The summed E-state index contributed by atoms with van der Waals surface area (Å²) in [6.45, 7) is 0. The zero-order valence-electron chi connectivity index (χ0n) is 13.2. The zero-order valence-corrected chi connectivity index (χ0v) is 13.2. The van der Waals surface area contributed by atoms with Crippen LogP contribution in [0.15, 0.2) is 66.7 Å². The monoisotopic (exact) mass is 332 g/mol. The van der Waals surface area contributed by atoms with Gasteiger partial charge in [0.2, 0.25) is 0 Å². The Morgan fingerprint density at radius 2 is 1.20 bits per heavy atom. The van der Waals surface area contributed by atoms with Gasteiger partial charge in [0.05, 0.1) is 0 Å². The van der Waals surface area contributed by atoms with Crippen LogP contribution in [0.25, 0.3) is 21.5 Å². The van der Waals surface area contributed by atoms with Gasteiger partial charge in [0, 0.05) is 5.56 Å². The van der Waals surface area contributed by atoms with Gasteiger partial charge in [-0.1, -0.05) is 30.3 Å². The highest BCUT2D eigenvalue weighted by Gasteiger charge is 2.18. The molecular formula is C21H16O4. The first-order valence-corrected chi connectivity index (χ1v) is 7.88. The maximum absolute atomic E-state index is 10.9. The molecule has 4 aromatic rings. The number of phenols is 3. The Bertz CT molecular complexity index is 1100. The molecule has 0 aliphatic carbocycles. The molecule has 0 spiro atoms. The average Bonchev–Trinajstić information content (AvgIpc) is 2.61. The van der Waals surface area contributed by atoms with Crippen LogP contribution in [0.3, 0.4) is 0 Å². The normalized spacial score (nSPS) is 12.5. The highest BCUT2D eigenvalue weighted by Crippen LogP contribution is 2.37. The molecule has 0 heterocycles. The molecule has 0 aromatic heterocycles. The number of hydrogen-bond donors (Lipinski definition) is 4. The van der Waals surface area contributed by atoms with Crippen LogP contribution >= 0.6 is 0 Å². The molecule has 25 heavy (non-hydrogen) atoms. The number of rotatable bonds is 2. The molecule has 0 bridgehead atoms. The fourth-order valence-corrected chi connectivity index (χ4v) is 3.21. The number of aliphatic hydroxyl groups is 1. The third kappa shape index (κ3) is 2.62. The van der Waals surface area contributed by atoms with Crippen molar-refractivity contribution in [2.75, 3.05) is 0 Å².